The van der Waals surface area contributed by atoms with Crippen LogP contribution in [0.4, 0.5) is 0 Å². The molecular weight excluding hydrogens is 747 g/mol. The summed E-state index contributed by atoms with van der Waals surface area (Å²) in [6, 6.07) is 9.74. The summed E-state index contributed by atoms with van der Waals surface area (Å²) in [5.41, 5.74) is -0.297. The summed E-state index contributed by atoms with van der Waals surface area (Å²) in [6.07, 6.45) is 1.27. The molecule has 15 heteroatoms. The Labute approximate surface area is 341 Å². The number of thiophene rings is 3. The van der Waals surface area contributed by atoms with Gasteiger partial charge in [-0.15, -0.1) is 52.2 Å². The maximum Gasteiger partial charge on any atom is 1.00 e. The van der Waals surface area contributed by atoms with Crippen LogP contribution < -0.4 is 34.7 Å². The molecule has 0 fully saturated rings. The van der Waals surface area contributed by atoms with Gasteiger partial charge in [-0.25, -0.2) is 0 Å². The van der Waals surface area contributed by atoms with Gasteiger partial charge >= 0.3 is 53.4 Å². The summed E-state index contributed by atoms with van der Waals surface area (Å²) in [5.74, 6) is -1.72. The van der Waals surface area contributed by atoms with Crippen molar-refractivity contribution in [3.8, 4) is 0 Å². The third-order valence-corrected chi connectivity index (χ3v) is 9.64. The number of alkyl halides is 1. The number of ketones is 1. The first-order valence-corrected chi connectivity index (χ1v) is 19.5. The second kappa shape index (κ2) is 29.4. The van der Waals surface area contributed by atoms with E-state index < -0.39 is 35.2 Å². The van der Waals surface area contributed by atoms with E-state index >= 15 is 0 Å². The van der Waals surface area contributed by atoms with Crippen LogP contribution in [-0.4, -0.2) is 62.7 Å². The van der Waals surface area contributed by atoms with Crippen LogP contribution in [0.1, 0.15) is 80.4 Å². The van der Waals surface area contributed by atoms with Crippen LogP contribution >= 0.6 is 45.6 Å². The van der Waals surface area contributed by atoms with E-state index in [0.717, 1.165) is 16.9 Å². The van der Waals surface area contributed by atoms with Gasteiger partial charge in [0, 0.05) is 32.5 Å². The van der Waals surface area contributed by atoms with Gasteiger partial charge in [0.15, 0.2) is 17.1 Å². The minimum absolute atomic E-state index is 0. The summed E-state index contributed by atoms with van der Waals surface area (Å²) < 4.78 is 19.2. The van der Waals surface area contributed by atoms with Crippen LogP contribution in [0.25, 0.3) is 0 Å². The summed E-state index contributed by atoms with van der Waals surface area (Å²) in [4.78, 5) is 60.6. The van der Waals surface area contributed by atoms with Crippen molar-refractivity contribution in [2.24, 2.45) is 17.3 Å². The van der Waals surface area contributed by atoms with Crippen molar-refractivity contribution >= 4 is 75.3 Å². The molecule has 0 saturated carbocycles. The normalized spacial score (nSPS) is 12.4. The van der Waals surface area contributed by atoms with Gasteiger partial charge in [-0.3, -0.25) is 24.0 Å². The second-order valence-electron chi connectivity index (χ2n) is 10.5. The first-order valence-electron chi connectivity index (χ1n) is 16.3. The second-order valence-corrected chi connectivity index (χ2v) is 13.8. The van der Waals surface area contributed by atoms with Crippen molar-refractivity contribution in [3.63, 3.8) is 0 Å². The third kappa shape index (κ3) is 19.0. The molecule has 0 saturated heterocycles. The molecule has 3 aromatic rings. The number of hydrogen-bond acceptors (Lipinski definition) is 13. The molecule has 0 amide bonds. The zero-order valence-corrected chi connectivity index (χ0v) is 36.3. The molecule has 0 aliphatic heterocycles. The SMILES string of the molecule is CC1Cc2sccc2C1=O.CCOC(=O)C(C)(Cc1cccs1)C(=O)OCC.CCOC(=O)C(C)C(=O)OCC.CC[O-].ClCc1cccs1.[Na+]. The van der Waals surface area contributed by atoms with Gasteiger partial charge in [0.1, 0.15) is 0 Å². The Kier molecular flexibility index (Phi) is 29.4. The van der Waals surface area contributed by atoms with E-state index in [2.05, 4.69) is 9.47 Å². The van der Waals surface area contributed by atoms with Crippen molar-refractivity contribution < 1.29 is 77.6 Å². The van der Waals surface area contributed by atoms with Crippen molar-refractivity contribution in [1.82, 2.24) is 0 Å². The fourth-order valence-electron chi connectivity index (χ4n) is 3.94. The zero-order valence-electron chi connectivity index (χ0n) is 31.1. The molecule has 10 nitrogen and oxygen atoms in total. The molecule has 1 unspecified atom stereocenters. The van der Waals surface area contributed by atoms with E-state index in [1.54, 1.807) is 64.2 Å². The largest absolute Gasteiger partial charge is 1.00 e. The minimum atomic E-state index is -1.27. The fourth-order valence-corrected chi connectivity index (χ4v) is 6.65. The van der Waals surface area contributed by atoms with Gasteiger partial charge in [0.05, 0.1) is 32.3 Å². The number of carbonyl (C=O) groups is 5. The molecule has 0 bridgehead atoms. The molecule has 1 aliphatic rings. The standard InChI is InChI=1S/C13H18O4S.C8H14O4.C8H8OS.C5H5ClS.C2H5O.Na/c1-4-16-11(14)13(3,12(15)17-5-2)9-10-7-6-8-18-10;1-4-11-7(9)6(3)8(10)12-5-2;1-5-4-7-6(8(5)9)2-3-10-7;6-4-5-2-1-3-7-5;1-2-3;/h6-8H,4-5,9H2,1-3H3;6H,4-5H2,1-3H3;2-3,5H,4H2,1H3;1-3H,4H2;2H2,1H3;/q;;;;-1;+1. The van der Waals surface area contributed by atoms with E-state index in [1.807, 2.05) is 53.4 Å². The smallest absolute Gasteiger partial charge is 0.855 e. The van der Waals surface area contributed by atoms with Gasteiger partial charge in [-0.1, -0.05) is 26.0 Å². The number of carbonyl (C=O) groups excluding carboxylic acids is 5. The summed E-state index contributed by atoms with van der Waals surface area (Å²) >= 11 is 10.4. The molecule has 3 heterocycles. The number of hydrogen-bond donors (Lipinski definition) is 0. The average Bonchev–Trinajstić information content (AvgIpc) is 3.92. The maximum absolute atomic E-state index is 12.0. The van der Waals surface area contributed by atoms with Crippen LogP contribution in [0.3, 0.4) is 0 Å². The molecule has 51 heavy (non-hydrogen) atoms. The van der Waals surface area contributed by atoms with Gasteiger partial charge < -0.3 is 24.1 Å². The minimum Gasteiger partial charge on any atom is -0.855 e. The molecule has 0 N–H and O–H groups in total. The quantitative estimate of drug-likeness (QED) is 0.0913. The number of ether oxygens (including phenoxy) is 4. The molecule has 1 aliphatic carbocycles. The maximum atomic E-state index is 12.0. The Hall–Kier alpha value is -2.10. The Morgan fingerprint density at radius 1 is 0.824 bits per heavy atom. The number of halogens is 1. The number of fused-ring (bicyclic) bond motifs is 1. The zero-order chi connectivity index (χ0) is 38.1. The Morgan fingerprint density at radius 3 is 1.63 bits per heavy atom. The Bertz CT molecular complexity index is 1360. The van der Waals surface area contributed by atoms with E-state index in [4.69, 9.17) is 26.2 Å². The van der Waals surface area contributed by atoms with Gasteiger partial charge in [-0.05, 0) is 82.3 Å². The van der Waals surface area contributed by atoms with E-state index in [-0.39, 0.29) is 68.5 Å². The van der Waals surface area contributed by atoms with Crippen LogP contribution in [0, 0.1) is 17.3 Å². The van der Waals surface area contributed by atoms with Gasteiger partial charge in [0.2, 0.25) is 0 Å². The monoisotopic (exact) mass is 796 g/mol. The number of Topliss-reactive ketones (excluding diaryl/α,β-unsaturated/α-hetero) is 1. The molecule has 3 aromatic heterocycles. The topological polar surface area (TPSA) is 145 Å². The fraction of sp³-hybridized carbons (Fsp3) is 0.528. The first-order chi connectivity index (χ1) is 23.8. The summed E-state index contributed by atoms with van der Waals surface area (Å²) in [6.45, 7) is 14.5. The predicted molar refractivity (Wildman–Crippen MR) is 198 cm³/mol. The van der Waals surface area contributed by atoms with E-state index in [9.17, 15) is 24.0 Å². The van der Waals surface area contributed by atoms with Gasteiger partial charge in [-0.2, -0.15) is 0 Å². The van der Waals surface area contributed by atoms with Crippen LogP contribution in [0.15, 0.2) is 46.5 Å². The average molecular weight is 797 g/mol. The van der Waals surface area contributed by atoms with E-state index in [1.165, 1.54) is 28.0 Å². The Morgan fingerprint density at radius 2 is 1.27 bits per heavy atom. The molecule has 4 rings (SSSR count). The number of rotatable bonds is 11. The van der Waals surface area contributed by atoms with Crippen LogP contribution in [-0.2, 0) is 56.8 Å². The molecule has 0 spiro atoms. The molecule has 0 aromatic carbocycles. The van der Waals surface area contributed by atoms with Crippen molar-refractivity contribution in [1.29, 1.82) is 0 Å². The molecule has 280 valence electrons. The van der Waals surface area contributed by atoms with Crippen LogP contribution in [0.5, 0.6) is 0 Å². The summed E-state index contributed by atoms with van der Waals surface area (Å²) in [7, 11) is 0. The molecular formula is C36H50ClNaO10S3. The Balaban J connectivity index is 0. The molecule has 1 atom stereocenters. The third-order valence-electron chi connectivity index (χ3n) is 6.50. The van der Waals surface area contributed by atoms with Crippen molar-refractivity contribution in [2.75, 3.05) is 33.0 Å². The first kappa shape index (κ1) is 51.0. The van der Waals surface area contributed by atoms with Crippen molar-refractivity contribution in [3.05, 3.63) is 66.7 Å². The van der Waals surface area contributed by atoms with E-state index in [0.29, 0.717) is 18.1 Å². The van der Waals surface area contributed by atoms with Gasteiger partial charge in [0.25, 0.3) is 0 Å². The summed E-state index contributed by atoms with van der Waals surface area (Å²) in [5, 5.41) is 14.9. The van der Waals surface area contributed by atoms with Crippen LogP contribution in [0.2, 0.25) is 0 Å². The molecule has 0 radical (unpaired) electrons. The van der Waals surface area contributed by atoms with Crippen molar-refractivity contribution in [2.45, 2.75) is 74.1 Å². The number of esters is 4. The predicted octanol–water partition coefficient (Wildman–Crippen LogP) is 4.15.